The number of carbonyl (C=O) groups excluding carboxylic acids is 1. The molecular formula is C16H23ClN2O. The third kappa shape index (κ3) is 4.22. The van der Waals surface area contributed by atoms with Crippen LogP contribution in [0.2, 0.25) is 5.02 Å². The Morgan fingerprint density at radius 2 is 2.10 bits per heavy atom. The highest BCUT2D eigenvalue weighted by Crippen LogP contribution is 2.24. The molecule has 2 N–H and O–H groups in total. The van der Waals surface area contributed by atoms with Gasteiger partial charge in [0.05, 0.1) is 0 Å². The zero-order valence-corrected chi connectivity index (χ0v) is 13.0. The average Bonchev–Trinajstić information content (AvgIpc) is 2.90. The van der Waals surface area contributed by atoms with E-state index >= 15 is 0 Å². The second-order valence-corrected chi connectivity index (χ2v) is 6.60. The molecular weight excluding hydrogens is 272 g/mol. The molecule has 0 bridgehead atoms. The monoisotopic (exact) mass is 294 g/mol. The van der Waals surface area contributed by atoms with Gasteiger partial charge in [0.1, 0.15) is 0 Å². The number of halogens is 1. The van der Waals surface area contributed by atoms with Gasteiger partial charge in [0.25, 0.3) is 0 Å². The first kappa shape index (κ1) is 15.3. The summed E-state index contributed by atoms with van der Waals surface area (Å²) < 4.78 is 0. The van der Waals surface area contributed by atoms with Crippen molar-refractivity contribution in [3.63, 3.8) is 0 Å². The van der Waals surface area contributed by atoms with E-state index in [1.54, 1.807) is 0 Å². The van der Waals surface area contributed by atoms with E-state index in [2.05, 4.69) is 24.5 Å². The topological polar surface area (TPSA) is 41.1 Å². The van der Waals surface area contributed by atoms with E-state index < -0.39 is 0 Å². The first-order valence-corrected chi connectivity index (χ1v) is 7.61. The molecule has 3 nitrogen and oxygen atoms in total. The van der Waals surface area contributed by atoms with Crippen LogP contribution in [-0.2, 0) is 10.2 Å². The summed E-state index contributed by atoms with van der Waals surface area (Å²) >= 11 is 5.91. The van der Waals surface area contributed by atoms with Gasteiger partial charge < -0.3 is 10.6 Å². The van der Waals surface area contributed by atoms with E-state index in [4.69, 9.17) is 11.6 Å². The third-order valence-electron chi connectivity index (χ3n) is 3.95. The van der Waals surface area contributed by atoms with Gasteiger partial charge in [-0.1, -0.05) is 37.6 Å². The molecule has 1 aromatic carbocycles. The molecule has 2 rings (SSSR count). The fourth-order valence-corrected chi connectivity index (χ4v) is 2.68. The summed E-state index contributed by atoms with van der Waals surface area (Å²) in [5.41, 5.74) is 1.09. The van der Waals surface area contributed by atoms with Gasteiger partial charge in [-0.05, 0) is 37.1 Å². The fraction of sp³-hybridized carbons (Fsp3) is 0.562. The molecule has 0 aromatic heterocycles. The molecule has 1 saturated heterocycles. The SMILES string of the molecule is CC(C)(CNC(=O)CC1CCCN1)c1ccc(Cl)cc1. The number of hydrogen-bond acceptors (Lipinski definition) is 2. The third-order valence-corrected chi connectivity index (χ3v) is 4.20. The van der Waals surface area contributed by atoms with Crippen LogP contribution in [0.25, 0.3) is 0 Å². The molecule has 4 heteroatoms. The number of rotatable bonds is 5. The Morgan fingerprint density at radius 3 is 2.70 bits per heavy atom. The number of benzene rings is 1. The first-order valence-electron chi connectivity index (χ1n) is 7.23. The van der Waals surface area contributed by atoms with Crippen LogP contribution in [0, 0.1) is 0 Å². The van der Waals surface area contributed by atoms with Gasteiger partial charge in [-0.15, -0.1) is 0 Å². The highest BCUT2D eigenvalue weighted by molar-refractivity contribution is 6.30. The Morgan fingerprint density at radius 1 is 1.40 bits per heavy atom. The lowest BCUT2D eigenvalue weighted by molar-refractivity contribution is -0.121. The van der Waals surface area contributed by atoms with Crippen molar-refractivity contribution < 1.29 is 4.79 Å². The molecule has 1 heterocycles. The summed E-state index contributed by atoms with van der Waals surface area (Å²) in [7, 11) is 0. The minimum atomic E-state index is -0.0939. The van der Waals surface area contributed by atoms with Crippen molar-refractivity contribution >= 4 is 17.5 Å². The molecule has 1 aliphatic heterocycles. The van der Waals surface area contributed by atoms with Crippen LogP contribution in [0.15, 0.2) is 24.3 Å². The second kappa shape index (κ2) is 6.59. The predicted octanol–water partition coefficient (Wildman–Crippen LogP) is 2.88. The minimum absolute atomic E-state index is 0.0939. The molecule has 1 aromatic rings. The van der Waals surface area contributed by atoms with E-state index in [1.807, 2.05) is 24.3 Å². The lowest BCUT2D eigenvalue weighted by atomic mass is 9.84. The Bertz CT molecular complexity index is 450. The zero-order chi connectivity index (χ0) is 14.6. The maximum Gasteiger partial charge on any atom is 0.221 e. The van der Waals surface area contributed by atoms with Gasteiger partial charge >= 0.3 is 0 Å². The average molecular weight is 295 g/mol. The van der Waals surface area contributed by atoms with Gasteiger partial charge in [-0.3, -0.25) is 4.79 Å². The van der Waals surface area contributed by atoms with Gasteiger partial charge in [0.2, 0.25) is 5.91 Å². The Kier molecular flexibility index (Phi) is 5.06. The van der Waals surface area contributed by atoms with Crippen LogP contribution in [0.3, 0.4) is 0 Å². The van der Waals surface area contributed by atoms with Crippen molar-refractivity contribution in [1.29, 1.82) is 0 Å². The van der Waals surface area contributed by atoms with Crippen LogP contribution in [0.1, 0.15) is 38.7 Å². The number of nitrogens with one attached hydrogen (secondary N) is 2. The molecule has 1 unspecified atom stereocenters. The zero-order valence-electron chi connectivity index (χ0n) is 12.2. The summed E-state index contributed by atoms with van der Waals surface area (Å²) in [4.78, 5) is 12.0. The smallest absolute Gasteiger partial charge is 0.221 e. The molecule has 1 amide bonds. The maximum atomic E-state index is 12.0. The Hall–Kier alpha value is -1.06. The van der Waals surface area contributed by atoms with Crippen molar-refractivity contribution in [2.75, 3.05) is 13.1 Å². The van der Waals surface area contributed by atoms with E-state index in [-0.39, 0.29) is 11.3 Å². The van der Waals surface area contributed by atoms with Crippen molar-refractivity contribution in [3.8, 4) is 0 Å². The molecule has 0 saturated carbocycles. The van der Waals surface area contributed by atoms with E-state index in [0.29, 0.717) is 19.0 Å². The summed E-state index contributed by atoms with van der Waals surface area (Å²) in [5.74, 6) is 0.131. The fourth-order valence-electron chi connectivity index (χ4n) is 2.55. The number of amides is 1. The Balaban J connectivity index is 1.84. The second-order valence-electron chi connectivity index (χ2n) is 6.16. The van der Waals surface area contributed by atoms with Crippen LogP contribution in [-0.4, -0.2) is 25.0 Å². The van der Waals surface area contributed by atoms with Crippen LogP contribution in [0.4, 0.5) is 0 Å². The highest BCUT2D eigenvalue weighted by Gasteiger charge is 2.23. The lowest BCUT2D eigenvalue weighted by Crippen LogP contribution is -2.39. The Labute approximate surface area is 126 Å². The summed E-state index contributed by atoms with van der Waals surface area (Å²) in [6.07, 6.45) is 2.86. The highest BCUT2D eigenvalue weighted by atomic mass is 35.5. The lowest BCUT2D eigenvalue weighted by Gasteiger charge is -2.26. The molecule has 0 spiro atoms. The molecule has 1 atom stereocenters. The van der Waals surface area contributed by atoms with E-state index in [0.717, 1.165) is 18.0 Å². The summed E-state index contributed by atoms with van der Waals surface area (Å²) in [5, 5.41) is 7.13. The van der Waals surface area contributed by atoms with Crippen LogP contribution < -0.4 is 10.6 Å². The quantitative estimate of drug-likeness (QED) is 0.877. The number of hydrogen-bond donors (Lipinski definition) is 2. The van der Waals surface area contributed by atoms with Gasteiger partial charge in [-0.25, -0.2) is 0 Å². The molecule has 20 heavy (non-hydrogen) atoms. The summed E-state index contributed by atoms with van der Waals surface area (Å²) in [6, 6.07) is 8.18. The largest absolute Gasteiger partial charge is 0.355 e. The normalized spacial score (nSPS) is 19.1. The standard InChI is InChI=1S/C16H23ClN2O/c1-16(2,12-5-7-13(17)8-6-12)11-19-15(20)10-14-4-3-9-18-14/h5-8,14,18H,3-4,9-11H2,1-2H3,(H,19,20). The van der Waals surface area contributed by atoms with Crippen molar-refractivity contribution in [2.45, 2.75) is 44.6 Å². The van der Waals surface area contributed by atoms with Crippen molar-refractivity contribution in [2.24, 2.45) is 0 Å². The summed E-state index contributed by atoms with van der Waals surface area (Å²) in [6.45, 7) is 5.93. The minimum Gasteiger partial charge on any atom is -0.355 e. The van der Waals surface area contributed by atoms with Crippen LogP contribution >= 0.6 is 11.6 Å². The van der Waals surface area contributed by atoms with E-state index in [9.17, 15) is 4.79 Å². The van der Waals surface area contributed by atoms with Gasteiger partial charge in [0.15, 0.2) is 0 Å². The maximum absolute atomic E-state index is 12.0. The number of carbonyl (C=O) groups is 1. The van der Waals surface area contributed by atoms with Gasteiger partial charge in [0, 0.05) is 29.4 Å². The predicted molar refractivity (Wildman–Crippen MR) is 83.1 cm³/mol. The van der Waals surface area contributed by atoms with Crippen molar-refractivity contribution in [1.82, 2.24) is 10.6 Å². The molecule has 0 radical (unpaired) electrons. The molecule has 1 fully saturated rings. The van der Waals surface area contributed by atoms with Gasteiger partial charge in [-0.2, -0.15) is 0 Å². The van der Waals surface area contributed by atoms with Crippen LogP contribution in [0.5, 0.6) is 0 Å². The van der Waals surface area contributed by atoms with E-state index in [1.165, 1.54) is 12.0 Å². The molecule has 0 aliphatic carbocycles. The van der Waals surface area contributed by atoms with Crippen molar-refractivity contribution in [3.05, 3.63) is 34.9 Å². The molecule has 1 aliphatic rings. The first-order chi connectivity index (χ1) is 9.47. The molecule has 110 valence electrons.